The SMILES string of the molecule is Nc1ccccc1N[11C](=O)Nc1ccccc1N. The van der Waals surface area contributed by atoms with Crippen LogP contribution in [0.25, 0.3) is 0 Å². The number of nitrogens with one attached hydrogen (secondary N) is 2. The molecule has 0 spiro atoms. The molecule has 2 amide bonds. The third-order valence-electron chi connectivity index (χ3n) is 2.42. The monoisotopic (exact) mass is 241 g/mol. The number of para-hydroxylation sites is 4. The molecular weight excluding hydrogens is 227 g/mol. The third-order valence-corrected chi connectivity index (χ3v) is 2.42. The van der Waals surface area contributed by atoms with Gasteiger partial charge in [-0.25, -0.2) is 4.79 Å². The van der Waals surface area contributed by atoms with Gasteiger partial charge in [0.15, 0.2) is 0 Å². The van der Waals surface area contributed by atoms with Crippen molar-refractivity contribution in [1.82, 2.24) is 0 Å². The Hall–Kier alpha value is -2.69. The fourth-order valence-electron chi connectivity index (χ4n) is 1.50. The zero-order valence-electron chi connectivity index (χ0n) is 9.68. The van der Waals surface area contributed by atoms with Crippen LogP contribution in [-0.4, -0.2) is 6.03 Å². The first kappa shape index (κ1) is 11.8. The van der Waals surface area contributed by atoms with Crippen molar-refractivity contribution in [3.8, 4) is 0 Å². The summed E-state index contributed by atoms with van der Waals surface area (Å²) in [6, 6.07) is 13.7. The van der Waals surface area contributed by atoms with E-state index in [1.165, 1.54) is 0 Å². The van der Waals surface area contributed by atoms with Crippen LogP contribution in [0.2, 0.25) is 0 Å². The predicted octanol–water partition coefficient (Wildman–Crippen LogP) is 2.50. The van der Waals surface area contributed by atoms with Gasteiger partial charge >= 0.3 is 6.03 Å². The highest BCUT2D eigenvalue weighted by Gasteiger charge is 2.06. The Morgan fingerprint density at radius 2 is 1.17 bits per heavy atom. The van der Waals surface area contributed by atoms with Gasteiger partial charge in [-0.15, -0.1) is 0 Å². The maximum absolute atomic E-state index is 11.8. The molecule has 0 heterocycles. The standard InChI is InChI=1S/C13H14N4O/c14-9-5-1-3-7-11(9)16-13(18)17-12-8-4-2-6-10(12)15/h1-8H,14-15H2,(H2,16,17,18)/i13-1. The second kappa shape index (κ2) is 5.09. The molecule has 0 fully saturated rings. The molecule has 0 aliphatic carbocycles. The molecule has 0 radical (unpaired) electrons. The van der Waals surface area contributed by atoms with E-state index in [9.17, 15) is 4.79 Å². The molecular formula is C13H14N4O. The largest absolute Gasteiger partial charge is 0.397 e. The van der Waals surface area contributed by atoms with Crippen LogP contribution in [0.3, 0.4) is 0 Å². The maximum atomic E-state index is 11.8. The highest BCUT2D eigenvalue weighted by Crippen LogP contribution is 2.19. The van der Waals surface area contributed by atoms with E-state index in [0.717, 1.165) is 0 Å². The van der Waals surface area contributed by atoms with Crippen molar-refractivity contribution >= 4 is 28.8 Å². The second-order valence-electron chi connectivity index (χ2n) is 3.75. The molecule has 18 heavy (non-hydrogen) atoms. The summed E-state index contributed by atoms with van der Waals surface area (Å²) in [5, 5.41) is 5.31. The van der Waals surface area contributed by atoms with Gasteiger partial charge in [0.2, 0.25) is 0 Å². The van der Waals surface area contributed by atoms with Crippen LogP contribution < -0.4 is 22.1 Å². The number of urea groups is 1. The van der Waals surface area contributed by atoms with Gasteiger partial charge in [-0.3, -0.25) is 0 Å². The van der Waals surface area contributed by atoms with E-state index in [4.69, 9.17) is 11.5 Å². The van der Waals surface area contributed by atoms with Crippen LogP contribution in [0.4, 0.5) is 27.5 Å². The van der Waals surface area contributed by atoms with E-state index < -0.39 is 0 Å². The van der Waals surface area contributed by atoms with Crippen LogP contribution in [0.1, 0.15) is 0 Å². The van der Waals surface area contributed by atoms with E-state index in [1.54, 1.807) is 48.5 Å². The van der Waals surface area contributed by atoms with Gasteiger partial charge in [-0.05, 0) is 24.3 Å². The summed E-state index contributed by atoms with van der Waals surface area (Å²) in [6.45, 7) is 0. The minimum Gasteiger partial charge on any atom is -0.397 e. The number of carbonyl (C=O) groups is 1. The third kappa shape index (κ3) is 2.70. The van der Waals surface area contributed by atoms with Crippen molar-refractivity contribution < 1.29 is 4.79 Å². The van der Waals surface area contributed by atoms with Crippen molar-refractivity contribution in [2.75, 3.05) is 22.1 Å². The number of hydrogen-bond acceptors (Lipinski definition) is 3. The number of amides is 2. The zero-order valence-corrected chi connectivity index (χ0v) is 9.68. The molecule has 0 saturated carbocycles. The van der Waals surface area contributed by atoms with Crippen LogP contribution in [-0.2, 0) is 0 Å². The Kier molecular flexibility index (Phi) is 3.33. The van der Waals surface area contributed by atoms with Crippen molar-refractivity contribution in [1.29, 1.82) is 0 Å². The fraction of sp³-hybridized carbons (Fsp3) is 0. The average molecular weight is 241 g/mol. The number of anilines is 4. The van der Waals surface area contributed by atoms with Gasteiger partial charge in [0.25, 0.3) is 0 Å². The van der Waals surface area contributed by atoms with Gasteiger partial charge in [0.05, 0.1) is 22.7 Å². The molecule has 0 saturated heterocycles. The van der Waals surface area contributed by atoms with Gasteiger partial charge in [0.1, 0.15) is 0 Å². The van der Waals surface area contributed by atoms with Crippen LogP contribution in [0.5, 0.6) is 0 Å². The predicted molar refractivity (Wildman–Crippen MR) is 74.4 cm³/mol. The first-order valence-corrected chi connectivity index (χ1v) is 5.44. The lowest BCUT2D eigenvalue weighted by atomic mass is 10.1. The van der Waals surface area contributed by atoms with Crippen molar-refractivity contribution in [2.24, 2.45) is 0 Å². The molecule has 2 rings (SSSR count). The Labute approximate surface area is 105 Å². The first-order chi connectivity index (χ1) is 8.66. The van der Waals surface area contributed by atoms with E-state index in [0.29, 0.717) is 22.7 Å². The number of hydrogen-bond donors (Lipinski definition) is 4. The highest BCUT2D eigenvalue weighted by atomic mass is 16.1. The number of benzene rings is 2. The quantitative estimate of drug-likeness (QED) is 0.608. The number of carbonyl (C=O) groups excluding carboxylic acids is 1. The van der Waals surface area contributed by atoms with E-state index in [1.807, 2.05) is 0 Å². The number of rotatable bonds is 2. The molecule has 0 aliphatic heterocycles. The minimum atomic E-state index is -0.384. The Balaban J connectivity index is 2.06. The van der Waals surface area contributed by atoms with Gasteiger partial charge in [-0.1, -0.05) is 24.3 Å². The van der Waals surface area contributed by atoms with Gasteiger partial charge < -0.3 is 22.1 Å². The summed E-state index contributed by atoms with van der Waals surface area (Å²) >= 11 is 0. The number of nitrogens with two attached hydrogens (primary N) is 2. The highest BCUT2D eigenvalue weighted by molar-refractivity contribution is 6.03. The molecule has 0 atom stereocenters. The summed E-state index contributed by atoms with van der Waals surface area (Å²) < 4.78 is 0. The van der Waals surface area contributed by atoms with Crippen molar-refractivity contribution in [3.05, 3.63) is 48.5 Å². The molecule has 5 heteroatoms. The number of nitrogen functional groups attached to an aromatic ring is 2. The lowest BCUT2D eigenvalue weighted by Gasteiger charge is -2.10. The van der Waals surface area contributed by atoms with Crippen molar-refractivity contribution in [2.45, 2.75) is 0 Å². The summed E-state index contributed by atoms with van der Waals surface area (Å²) in [5.74, 6) is 0. The molecule has 5 nitrogen and oxygen atoms in total. The van der Waals surface area contributed by atoms with Gasteiger partial charge in [-0.2, -0.15) is 0 Å². The summed E-state index contributed by atoms with van der Waals surface area (Å²) in [7, 11) is 0. The van der Waals surface area contributed by atoms with E-state index >= 15 is 0 Å². The first-order valence-electron chi connectivity index (χ1n) is 5.44. The Morgan fingerprint density at radius 3 is 1.56 bits per heavy atom. The smallest absolute Gasteiger partial charge is 0.323 e. The van der Waals surface area contributed by atoms with Crippen LogP contribution in [0, 0.1) is 0 Å². The zero-order chi connectivity index (χ0) is 13.0. The molecule has 6 N–H and O–H groups in total. The summed E-state index contributed by atoms with van der Waals surface area (Å²) in [4.78, 5) is 11.8. The second-order valence-corrected chi connectivity index (χ2v) is 3.75. The van der Waals surface area contributed by atoms with Crippen molar-refractivity contribution in [3.63, 3.8) is 0 Å². The lowest BCUT2D eigenvalue weighted by molar-refractivity contribution is 0.262. The van der Waals surface area contributed by atoms with E-state index in [-0.39, 0.29) is 6.03 Å². The summed E-state index contributed by atoms with van der Waals surface area (Å²) in [6.07, 6.45) is 0. The minimum absolute atomic E-state index is 0.384. The topological polar surface area (TPSA) is 93.2 Å². The molecule has 0 bridgehead atoms. The van der Waals surface area contributed by atoms with Gasteiger partial charge in [0, 0.05) is 0 Å². The normalized spacial score (nSPS) is 9.78. The fourth-order valence-corrected chi connectivity index (χ4v) is 1.50. The Morgan fingerprint density at radius 1 is 0.778 bits per heavy atom. The molecule has 0 aliphatic rings. The van der Waals surface area contributed by atoms with E-state index in [2.05, 4.69) is 10.6 Å². The lowest BCUT2D eigenvalue weighted by Crippen LogP contribution is -2.20. The molecule has 2 aromatic carbocycles. The Bertz CT molecular complexity index is 519. The summed E-state index contributed by atoms with van der Waals surface area (Å²) in [5.41, 5.74) is 13.6. The molecule has 2 aromatic rings. The molecule has 92 valence electrons. The van der Waals surface area contributed by atoms with Crippen LogP contribution in [0.15, 0.2) is 48.5 Å². The van der Waals surface area contributed by atoms with Crippen LogP contribution >= 0.6 is 0 Å². The molecule has 0 aromatic heterocycles. The maximum Gasteiger partial charge on any atom is 0.323 e. The molecule has 0 unspecified atom stereocenters. The average Bonchev–Trinajstić information content (AvgIpc) is 2.35.